The maximum Gasteiger partial charge on any atom is 0.256 e. The highest BCUT2D eigenvalue weighted by atomic mass is 15.1. The van der Waals surface area contributed by atoms with E-state index in [1.807, 2.05) is 0 Å². The van der Waals surface area contributed by atoms with Crippen molar-refractivity contribution in [3.63, 3.8) is 0 Å². The molecule has 0 bridgehead atoms. The van der Waals surface area contributed by atoms with Crippen LogP contribution in [0.4, 0.5) is 0 Å². The standard InChI is InChI=1S/C27H53N2/c1-4-6-8-10-12-13-14-15-16-17-18-20-22-24-29-26-25-28(3)27(29)23-21-19-11-9-7-5-2/h25-26H,4-24H2,1-3H3/q+1. The average Bonchev–Trinajstić information content (AvgIpc) is 3.07. The maximum absolute atomic E-state index is 2.52. The van der Waals surface area contributed by atoms with E-state index in [1.54, 1.807) is 0 Å². The Bertz CT molecular complexity index is 463. The molecule has 0 unspecified atom stereocenters. The summed E-state index contributed by atoms with van der Waals surface area (Å²) in [6.07, 6.45) is 32.8. The first-order valence-electron chi connectivity index (χ1n) is 13.3. The molecule has 0 aliphatic heterocycles. The van der Waals surface area contributed by atoms with Gasteiger partial charge in [-0.1, -0.05) is 117 Å². The molecule has 1 rings (SSSR count). The highest BCUT2D eigenvalue weighted by molar-refractivity contribution is 4.84. The monoisotopic (exact) mass is 405 g/mol. The van der Waals surface area contributed by atoms with Gasteiger partial charge in [0.25, 0.3) is 5.82 Å². The lowest BCUT2D eigenvalue weighted by atomic mass is 10.0. The van der Waals surface area contributed by atoms with Crippen LogP contribution in [0.15, 0.2) is 12.4 Å². The predicted molar refractivity (Wildman–Crippen MR) is 128 cm³/mol. The molecule has 2 heteroatoms. The summed E-state index contributed by atoms with van der Waals surface area (Å²) in [5.74, 6) is 1.53. The minimum Gasteiger partial charge on any atom is -0.237 e. The van der Waals surface area contributed by atoms with E-state index in [0.29, 0.717) is 0 Å². The van der Waals surface area contributed by atoms with Gasteiger partial charge in [-0.05, 0) is 19.3 Å². The fraction of sp³-hybridized carbons (Fsp3) is 0.889. The lowest BCUT2D eigenvalue weighted by Crippen LogP contribution is -2.32. The Kier molecular flexibility index (Phi) is 17.4. The van der Waals surface area contributed by atoms with Gasteiger partial charge in [-0.25, -0.2) is 9.13 Å². The second-order valence-corrected chi connectivity index (χ2v) is 9.28. The molecule has 1 aromatic heterocycles. The number of hydrogen-bond acceptors (Lipinski definition) is 0. The quantitative estimate of drug-likeness (QED) is 0.144. The third-order valence-electron chi connectivity index (χ3n) is 6.47. The molecule has 0 fully saturated rings. The number of unbranched alkanes of at least 4 members (excludes halogenated alkanes) is 17. The normalized spacial score (nSPS) is 11.4. The van der Waals surface area contributed by atoms with Crippen molar-refractivity contribution in [2.24, 2.45) is 7.05 Å². The first-order valence-corrected chi connectivity index (χ1v) is 13.3. The Labute approximate surface area is 183 Å². The van der Waals surface area contributed by atoms with Gasteiger partial charge >= 0.3 is 0 Å². The zero-order chi connectivity index (χ0) is 21.0. The summed E-state index contributed by atoms with van der Waals surface area (Å²) < 4.78 is 4.86. The maximum atomic E-state index is 2.52. The number of hydrogen-bond donors (Lipinski definition) is 0. The van der Waals surface area contributed by atoms with Gasteiger partial charge in [0.05, 0.1) is 13.6 Å². The van der Waals surface area contributed by atoms with Crippen molar-refractivity contribution in [3.8, 4) is 0 Å². The van der Waals surface area contributed by atoms with Gasteiger partial charge in [0, 0.05) is 6.42 Å². The fourth-order valence-electron chi connectivity index (χ4n) is 4.44. The van der Waals surface area contributed by atoms with E-state index in [9.17, 15) is 0 Å². The summed E-state index contributed by atoms with van der Waals surface area (Å²) >= 11 is 0. The highest BCUT2D eigenvalue weighted by Gasteiger charge is 2.13. The van der Waals surface area contributed by atoms with E-state index >= 15 is 0 Å². The zero-order valence-corrected chi connectivity index (χ0v) is 20.4. The van der Waals surface area contributed by atoms with Crippen LogP contribution in [0.1, 0.15) is 142 Å². The predicted octanol–water partition coefficient (Wildman–Crippen LogP) is 8.31. The summed E-state index contributed by atoms with van der Waals surface area (Å²) in [6.45, 7) is 5.81. The van der Waals surface area contributed by atoms with Crippen molar-refractivity contribution in [1.29, 1.82) is 0 Å². The summed E-state index contributed by atoms with van der Waals surface area (Å²) in [7, 11) is 2.22. The Hall–Kier alpha value is -0.790. The number of aryl methyl sites for hydroxylation is 2. The van der Waals surface area contributed by atoms with Crippen LogP contribution in [0.2, 0.25) is 0 Å². The van der Waals surface area contributed by atoms with Crippen LogP contribution < -0.4 is 4.57 Å². The van der Waals surface area contributed by atoms with Crippen LogP contribution in [-0.4, -0.2) is 4.57 Å². The molecule has 0 amide bonds. The van der Waals surface area contributed by atoms with Crippen LogP contribution in [0.25, 0.3) is 0 Å². The number of aromatic nitrogens is 2. The van der Waals surface area contributed by atoms with Crippen molar-refractivity contribution in [1.82, 2.24) is 4.57 Å². The van der Waals surface area contributed by atoms with E-state index in [1.165, 1.54) is 141 Å². The molecule has 0 radical (unpaired) electrons. The lowest BCUT2D eigenvalue weighted by molar-refractivity contribution is -0.678. The molecule has 0 saturated carbocycles. The van der Waals surface area contributed by atoms with E-state index in [2.05, 4.69) is 42.4 Å². The van der Waals surface area contributed by atoms with Crippen molar-refractivity contribution >= 4 is 0 Å². The van der Waals surface area contributed by atoms with Crippen molar-refractivity contribution in [3.05, 3.63) is 18.2 Å². The molecular formula is C27H53N2+. The highest BCUT2D eigenvalue weighted by Crippen LogP contribution is 2.13. The molecule has 0 aliphatic rings. The van der Waals surface area contributed by atoms with Crippen LogP contribution >= 0.6 is 0 Å². The second-order valence-electron chi connectivity index (χ2n) is 9.28. The van der Waals surface area contributed by atoms with E-state index in [0.717, 1.165) is 0 Å². The molecule has 0 spiro atoms. The first kappa shape index (κ1) is 26.2. The Balaban J connectivity index is 1.99. The fourth-order valence-corrected chi connectivity index (χ4v) is 4.44. The lowest BCUT2D eigenvalue weighted by Gasteiger charge is -2.05. The van der Waals surface area contributed by atoms with Gasteiger partial charge in [0.2, 0.25) is 0 Å². The molecule has 0 aromatic carbocycles. The molecule has 0 atom stereocenters. The molecule has 0 N–H and O–H groups in total. The summed E-state index contributed by atoms with van der Waals surface area (Å²) in [5, 5.41) is 0. The Morgan fingerprint density at radius 2 is 1.00 bits per heavy atom. The smallest absolute Gasteiger partial charge is 0.237 e. The molecule has 0 saturated heterocycles. The topological polar surface area (TPSA) is 8.81 Å². The summed E-state index contributed by atoms with van der Waals surface area (Å²) in [6, 6.07) is 0. The first-order chi connectivity index (χ1) is 14.3. The Morgan fingerprint density at radius 3 is 1.48 bits per heavy atom. The van der Waals surface area contributed by atoms with Gasteiger partial charge in [-0.3, -0.25) is 0 Å². The van der Waals surface area contributed by atoms with Gasteiger partial charge in [-0.15, -0.1) is 0 Å². The van der Waals surface area contributed by atoms with E-state index < -0.39 is 0 Å². The SMILES string of the molecule is CCCCCCCCCCCCCCCn1cc[n+](C)c1CCCCCCCC. The van der Waals surface area contributed by atoms with Gasteiger partial charge in [0.15, 0.2) is 0 Å². The van der Waals surface area contributed by atoms with Crippen molar-refractivity contribution in [2.75, 3.05) is 0 Å². The molecule has 170 valence electrons. The average molecular weight is 406 g/mol. The molecule has 1 heterocycles. The third-order valence-corrected chi connectivity index (χ3v) is 6.47. The minimum atomic E-state index is 1.21. The molecule has 29 heavy (non-hydrogen) atoms. The number of rotatable bonds is 21. The van der Waals surface area contributed by atoms with Crippen LogP contribution in [0.5, 0.6) is 0 Å². The minimum absolute atomic E-state index is 1.21. The van der Waals surface area contributed by atoms with E-state index in [4.69, 9.17) is 0 Å². The zero-order valence-electron chi connectivity index (χ0n) is 20.4. The number of nitrogens with zero attached hydrogens (tertiary/aromatic N) is 2. The molecule has 1 aromatic rings. The van der Waals surface area contributed by atoms with Crippen LogP contribution in [0.3, 0.4) is 0 Å². The van der Waals surface area contributed by atoms with Gasteiger partial charge in [-0.2, -0.15) is 0 Å². The molecular weight excluding hydrogens is 352 g/mol. The number of imidazole rings is 1. The largest absolute Gasteiger partial charge is 0.256 e. The van der Waals surface area contributed by atoms with Crippen molar-refractivity contribution in [2.45, 2.75) is 149 Å². The summed E-state index contributed by atoms with van der Waals surface area (Å²) in [4.78, 5) is 0. The second kappa shape index (κ2) is 19.2. The summed E-state index contributed by atoms with van der Waals surface area (Å²) in [5.41, 5.74) is 0. The molecule has 2 nitrogen and oxygen atoms in total. The van der Waals surface area contributed by atoms with Gasteiger partial charge in [0.1, 0.15) is 12.4 Å². The third kappa shape index (κ3) is 13.9. The van der Waals surface area contributed by atoms with Crippen molar-refractivity contribution < 1.29 is 4.57 Å². The Morgan fingerprint density at radius 1 is 0.586 bits per heavy atom. The van der Waals surface area contributed by atoms with Gasteiger partial charge < -0.3 is 0 Å². The van der Waals surface area contributed by atoms with Crippen LogP contribution in [0, 0.1) is 0 Å². The van der Waals surface area contributed by atoms with Crippen LogP contribution in [-0.2, 0) is 20.0 Å². The van der Waals surface area contributed by atoms with E-state index in [-0.39, 0.29) is 0 Å². The molecule has 0 aliphatic carbocycles.